The Labute approximate surface area is 186 Å². The number of amides is 1. The fourth-order valence-corrected chi connectivity index (χ4v) is 3.37. The van der Waals surface area contributed by atoms with Crippen molar-refractivity contribution in [3.8, 4) is 11.3 Å². The number of rotatable bonds is 5. The molecule has 4 rings (SSSR count). The largest absolute Gasteiger partial charge is 0.478 e. The van der Waals surface area contributed by atoms with Gasteiger partial charge in [-0.2, -0.15) is 10.1 Å². The van der Waals surface area contributed by atoms with Gasteiger partial charge in [0.15, 0.2) is 0 Å². The summed E-state index contributed by atoms with van der Waals surface area (Å²) in [5.74, 6) is -1.80. The van der Waals surface area contributed by atoms with Crippen LogP contribution < -0.4 is 5.01 Å². The summed E-state index contributed by atoms with van der Waals surface area (Å²) in [5, 5.41) is 23.8. The molecule has 1 aliphatic rings. The lowest BCUT2D eigenvalue weighted by Crippen LogP contribution is -2.21. The van der Waals surface area contributed by atoms with Crippen LogP contribution in [0.4, 0.5) is 5.69 Å². The molecule has 2 N–H and O–H groups in total. The molecule has 2 aromatic carbocycles. The van der Waals surface area contributed by atoms with Crippen LogP contribution in [0.1, 0.15) is 33.4 Å². The van der Waals surface area contributed by atoms with E-state index in [1.165, 1.54) is 41.4 Å². The third-order valence-corrected chi connectivity index (χ3v) is 5.15. The molecule has 1 amide bonds. The van der Waals surface area contributed by atoms with Gasteiger partial charge in [0.05, 0.1) is 33.1 Å². The number of furan rings is 1. The highest BCUT2D eigenvalue weighted by Gasteiger charge is 2.29. The highest BCUT2D eigenvalue weighted by atomic mass is 35.5. The molecule has 1 aromatic heterocycles. The number of carboxylic acid groups (broad SMARTS) is 2. The maximum absolute atomic E-state index is 12.9. The average molecular weight is 451 g/mol. The fraction of sp³-hybridized carbons (Fsp3) is 0.0435. The van der Waals surface area contributed by atoms with Crippen molar-refractivity contribution in [2.45, 2.75) is 6.92 Å². The first-order valence-corrected chi connectivity index (χ1v) is 9.70. The summed E-state index contributed by atoms with van der Waals surface area (Å²) in [4.78, 5) is 35.2. The zero-order chi connectivity index (χ0) is 23.0. The van der Waals surface area contributed by atoms with Crippen molar-refractivity contribution < 1.29 is 29.0 Å². The third kappa shape index (κ3) is 3.91. The van der Waals surface area contributed by atoms with Crippen LogP contribution in [0.5, 0.6) is 0 Å². The first-order chi connectivity index (χ1) is 15.2. The Morgan fingerprint density at radius 1 is 1.03 bits per heavy atom. The molecule has 9 heteroatoms. The van der Waals surface area contributed by atoms with E-state index in [-0.39, 0.29) is 22.1 Å². The summed E-state index contributed by atoms with van der Waals surface area (Å²) in [6.45, 7) is 1.68. The SMILES string of the molecule is CC1=NN(c2ccc(C(=O)O)cc2)C(=O)/C1=C\c1ccc(-c2ccc(Cl)c(C(=O)O)c2)o1. The van der Waals surface area contributed by atoms with Gasteiger partial charge in [-0.25, -0.2) is 9.59 Å². The Morgan fingerprint density at radius 3 is 2.41 bits per heavy atom. The summed E-state index contributed by atoms with van der Waals surface area (Å²) in [6.07, 6.45) is 1.55. The molecule has 1 aliphatic heterocycles. The van der Waals surface area contributed by atoms with Crippen LogP contribution in [0.2, 0.25) is 5.02 Å². The van der Waals surface area contributed by atoms with E-state index in [4.69, 9.17) is 21.1 Å². The van der Waals surface area contributed by atoms with Crippen LogP contribution in [0.15, 0.2) is 69.7 Å². The van der Waals surface area contributed by atoms with Crippen LogP contribution in [0, 0.1) is 0 Å². The molecule has 0 unspecified atom stereocenters. The fourth-order valence-electron chi connectivity index (χ4n) is 3.17. The predicted molar refractivity (Wildman–Crippen MR) is 118 cm³/mol. The van der Waals surface area contributed by atoms with Crippen molar-refractivity contribution in [2.75, 3.05) is 5.01 Å². The van der Waals surface area contributed by atoms with Crippen LogP contribution in [-0.2, 0) is 4.79 Å². The van der Waals surface area contributed by atoms with Gasteiger partial charge in [-0.1, -0.05) is 11.6 Å². The summed E-state index contributed by atoms with van der Waals surface area (Å²) < 4.78 is 5.78. The van der Waals surface area contributed by atoms with Crippen LogP contribution in [0.25, 0.3) is 17.4 Å². The molecule has 160 valence electrons. The van der Waals surface area contributed by atoms with E-state index >= 15 is 0 Å². The number of hydrogen-bond donors (Lipinski definition) is 2. The molecule has 0 saturated carbocycles. The monoisotopic (exact) mass is 450 g/mol. The number of carbonyl (C=O) groups is 3. The molecule has 0 saturated heterocycles. The maximum Gasteiger partial charge on any atom is 0.337 e. The number of anilines is 1. The number of aromatic carboxylic acids is 2. The van der Waals surface area contributed by atoms with Gasteiger partial charge in [0.1, 0.15) is 11.5 Å². The van der Waals surface area contributed by atoms with E-state index in [9.17, 15) is 19.5 Å². The Bertz CT molecular complexity index is 1320. The summed E-state index contributed by atoms with van der Waals surface area (Å²) >= 11 is 5.91. The number of hydrazone groups is 1. The van der Waals surface area contributed by atoms with Gasteiger partial charge in [0.25, 0.3) is 5.91 Å². The van der Waals surface area contributed by atoms with Crippen molar-refractivity contribution in [3.63, 3.8) is 0 Å². The number of hydrogen-bond acceptors (Lipinski definition) is 5. The van der Waals surface area contributed by atoms with Crippen LogP contribution >= 0.6 is 11.6 Å². The normalized spacial score (nSPS) is 14.7. The first kappa shape index (κ1) is 21.1. The molecule has 3 aromatic rings. The van der Waals surface area contributed by atoms with Gasteiger partial charge >= 0.3 is 11.9 Å². The van der Waals surface area contributed by atoms with E-state index in [1.54, 1.807) is 31.2 Å². The summed E-state index contributed by atoms with van der Waals surface area (Å²) in [7, 11) is 0. The average Bonchev–Trinajstić information content (AvgIpc) is 3.34. The lowest BCUT2D eigenvalue weighted by molar-refractivity contribution is -0.114. The van der Waals surface area contributed by atoms with Crippen molar-refractivity contribution in [2.24, 2.45) is 5.10 Å². The van der Waals surface area contributed by atoms with E-state index in [0.29, 0.717) is 34.1 Å². The lowest BCUT2D eigenvalue weighted by atomic mass is 10.1. The second-order valence-corrected chi connectivity index (χ2v) is 7.32. The van der Waals surface area contributed by atoms with Gasteiger partial charge < -0.3 is 14.6 Å². The summed E-state index contributed by atoms with van der Waals surface area (Å²) in [5.41, 5.74) is 1.81. The minimum Gasteiger partial charge on any atom is -0.478 e. The van der Waals surface area contributed by atoms with E-state index < -0.39 is 11.9 Å². The van der Waals surface area contributed by atoms with Crippen molar-refractivity contribution >= 4 is 46.9 Å². The van der Waals surface area contributed by atoms with E-state index in [1.807, 2.05) is 0 Å². The lowest BCUT2D eigenvalue weighted by Gasteiger charge is -2.11. The topological polar surface area (TPSA) is 120 Å². The zero-order valence-corrected chi connectivity index (χ0v) is 17.3. The highest BCUT2D eigenvalue weighted by Crippen LogP contribution is 2.29. The number of nitrogens with zero attached hydrogens (tertiary/aromatic N) is 2. The Kier molecular flexibility index (Phi) is 5.38. The quantitative estimate of drug-likeness (QED) is 0.538. The first-order valence-electron chi connectivity index (χ1n) is 9.33. The molecule has 8 nitrogen and oxygen atoms in total. The molecule has 2 heterocycles. The second-order valence-electron chi connectivity index (χ2n) is 6.91. The number of carboxylic acids is 2. The van der Waals surface area contributed by atoms with Gasteiger partial charge in [-0.15, -0.1) is 0 Å². The van der Waals surface area contributed by atoms with Crippen molar-refractivity contribution in [1.82, 2.24) is 0 Å². The minimum atomic E-state index is -1.15. The molecule has 0 radical (unpaired) electrons. The Hall–Kier alpha value is -4.17. The van der Waals surface area contributed by atoms with Crippen molar-refractivity contribution in [3.05, 3.63) is 82.1 Å². The smallest absolute Gasteiger partial charge is 0.337 e. The minimum absolute atomic E-state index is 0.0426. The molecule has 0 atom stereocenters. The predicted octanol–water partition coefficient (Wildman–Crippen LogP) is 4.80. The van der Waals surface area contributed by atoms with Gasteiger partial charge in [-0.05, 0) is 67.6 Å². The van der Waals surface area contributed by atoms with Crippen molar-refractivity contribution in [1.29, 1.82) is 0 Å². The second kappa shape index (κ2) is 8.16. The molecule has 0 bridgehead atoms. The molecule has 0 fully saturated rings. The van der Waals surface area contributed by atoms with Crippen LogP contribution in [-0.4, -0.2) is 33.8 Å². The zero-order valence-electron chi connectivity index (χ0n) is 16.6. The Morgan fingerprint density at radius 2 is 1.75 bits per heavy atom. The van der Waals surface area contributed by atoms with Crippen LogP contribution in [0.3, 0.4) is 0 Å². The van der Waals surface area contributed by atoms with E-state index in [0.717, 1.165) is 0 Å². The Balaban J connectivity index is 1.60. The molecule has 0 spiro atoms. The number of benzene rings is 2. The summed E-state index contributed by atoms with van der Waals surface area (Å²) in [6, 6.07) is 13.7. The van der Waals surface area contributed by atoms with E-state index in [2.05, 4.69) is 5.10 Å². The third-order valence-electron chi connectivity index (χ3n) is 4.82. The molecule has 32 heavy (non-hydrogen) atoms. The number of halogens is 1. The molecule has 0 aliphatic carbocycles. The molecular formula is C23H15ClN2O6. The molecular weight excluding hydrogens is 436 g/mol. The highest BCUT2D eigenvalue weighted by molar-refractivity contribution is 6.33. The van der Waals surface area contributed by atoms with Gasteiger partial charge in [-0.3, -0.25) is 4.79 Å². The van der Waals surface area contributed by atoms with Gasteiger partial charge in [0, 0.05) is 5.56 Å². The van der Waals surface area contributed by atoms with Gasteiger partial charge in [0.2, 0.25) is 0 Å². The standard InChI is InChI=1S/C23H15ClN2O6/c1-12-17(21(27)26(25-12)15-5-2-13(3-6-15)22(28)29)11-16-7-9-20(32-16)14-4-8-19(24)18(10-14)23(30)31/h2-11H,1H3,(H,28,29)(H,30,31)/b17-11-. The maximum atomic E-state index is 12.9. The number of carbonyl (C=O) groups excluding carboxylic acids is 1.